The fraction of sp³-hybridized carbons (Fsp3) is 0.261. The summed E-state index contributed by atoms with van der Waals surface area (Å²) < 4.78 is 15.0. The van der Waals surface area contributed by atoms with Gasteiger partial charge in [-0.1, -0.05) is 0 Å². The van der Waals surface area contributed by atoms with Crippen molar-refractivity contribution < 1.29 is 4.39 Å². The monoisotopic (exact) mass is 420 g/mol. The number of thiophene rings is 1. The minimum atomic E-state index is -0.277. The molecule has 5 rings (SSSR count). The Morgan fingerprint density at radius 1 is 1.13 bits per heavy atom. The molecule has 0 amide bonds. The van der Waals surface area contributed by atoms with Gasteiger partial charge in [-0.3, -0.25) is 4.79 Å². The summed E-state index contributed by atoms with van der Waals surface area (Å²) in [5.74, 6) is 0.264. The molecule has 3 aromatic heterocycles. The maximum absolute atomic E-state index is 13.2. The number of aromatic amines is 1. The zero-order chi connectivity index (χ0) is 20.8. The van der Waals surface area contributed by atoms with E-state index in [9.17, 15) is 9.18 Å². The second-order valence-electron chi connectivity index (χ2n) is 7.65. The number of rotatable bonds is 3. The molecule has 0 radical (unpaired) electrons. The second-order valence-corrected chi connectivity index (χ2v) is 8.73. The van der Waals surface area contributed by atoms with Crippen LogP contribution < -0.4 is 5.56 Å². The second kappa shape index (κ2) is 7.32. The van der Waals surface area contributed by atoms with Crippen LogP contribution in [0.4, 0.5) is 4.39 Å². The number of nitrogens with zero attached hydrogens (tertiary/aromatic N) is 3. The Labute approximate surface area is 176 Å². The third-order valence-electron chi connectivity index (χ3n) is 5.67. The van der Waals surface area contributed by atoms with Gasteiger partial charge in [0.1, 0.15) is 16.5 Å². The highest BCUT2D eigenvalue weighted by molar-refractivity contribution is 7.18. The van der Waals surface area contributed by atoms with Gasteiger partial charge in [0, 0.05) is 16.1 Å². The first-order valence-electron chi connectivity index (χ1n) is 10.1. The summed E-state index contributed by atoms with van der Waals surface area (Å²) in [4.78, 5) is 22.5. The van der Waals surface area contributed by atoms with E-state index in [0.717, 1.165) is 52.1 Å². The van der Waals surface area contributed by atoms with E-state index in [4.69, 9.17) is 4.98 Å². The zero-order valence-corrected chi connectivity index (χ0v) is 17.6. The number of H-pyrrole nitrogens is 1. The zero-order valence-electron chi connectivity index (χ0n) is 16.8. The van der Waals surface area contributed by atoms with Gasteiger partial charge in [0.15, 0.2) is 0 Å². The standard InChI is InChI=1S/C23H21FN4OS/c1-13-17(14(2)28(27-13)16-9-7-15(24)8-10-16)11-12-20-25-22(29)21-18-5-3-4-6-19(18)30-23(21)26-20/h7-12H,3-6H2,1-2H3,(H,25,26,29)/b12-11+. The SMILES string of the molecule is Cc1nn(-c2ccc(F)cc2)c(C)c1/C=C/c1nc2sc3c(c2c(=O)[nH]1)CCCC3. The molecule has 1 N–H and O–H groups in total. The van der Waals surface area contributed by atoms with Crippen molar-refractivity contribution in [3.05, 3.63) is 73.7 Å². The molecule has 0 bridgehead atoms. The first-order chi connectivity index (χ1) is 14.5. The summed E-state index contributed by atoms with van der Waals surface area (Å²) in [5, 5.41) is 5.35. The predicted octanol–water partition coefficient (Wildman–Crippen LogP) is 4.98. The first-order valence-corrected chi connectivity index (χ1v) is 10.9. The minimum Gasteiger partial charge on any atom is -0.306 e. The molecule has 3 heterocycles. The lowest BCUT2D eigenvalue weighted by Crippen LogP contribution is -2.11. The van der Waals surface area contributed by atoms with Gasteiger partial charge in [0.05, 0.1) is 16.8 Å². The van der Waals surface area contributed by atoms with E-state index in [1.54, 1.807) is 28.2 Å². The number of hydrogen-bond donors (Lipinski definition) is 1. The fourth-order valence-corrected chi connectivity index (χ4v) is 5.42. The fourth-order valence-electron chi connectivity index (χ4n) is 4.15. The van der Waals surface area contributed by atoms with Crippen LogP contribution in [0.15, 0.2) is 29.1 Å². The third-order valence-corrected chi connectivity index (χ3v) is 6.86. The Morgan fingerprint density at radius 3 is 2.70 bits per heavy atom. The smallest absolute Gasteiger partial charge is 0.260 e. The molecular weight excluding hydrogens is 399 g/mol. The van der Waals surface area contributed by atoms with E-state index in [-0.39, 0.29) is 11.4 Å². The van der Waals surface area contributed by atoms with Gasteiger partial charge in [-0.05, 0) is 81.5 Å². The highest BCUT2D eigenvalue weighted by atomic mass is 32.1. The van der Waals surface area contributed by atoms with Crippen molar-refractivity contribution in [1.29, 1.82) is 0 Å². The average Bonchev–Trinajstić information content (AvgIpc) is 3.24. The van der Waals surface area contributed by atoms with Crippen LogP contribution in [-0.2, 0) is 12.8 Å². The Hall–Kier alpha value is -3.06. The summed E-state index contributed by atoms with van der Waals surface area (Å²) in [6, 6.07) is 6.25. The number of hydrogen-bond acceptors (Lipinski definition) is 4. The van der Waals surface area contributed by atoms with Gasteiger partial charge in [0.25, 0.3) is 5.56 Å². The van der Waals surface area contributed by atoms with Gasteiger partial charge >= 0.3 is 0 Å². The van der Waals surface area contributed by atoms with Gasteiger partial charge < -0.3 is 4.98 Å². The summed E-state index contributed by atoms with van der Waals surface area (Å²) >= 11 is 1.65. The maximum atomic E-state index is 13.2. The minimum absolute atomic E-state index is 0.0606. The number of benzene rings is 1. The van der Waals surface area contributed by atoms with E-state index < -0.39 is 0 Å². The van der Waals surface area contributed by atoms with Crippen LogP contribution in [0.1, 0.15) is 46.1 Å². The van der Waals surface area contributed by atoms with E-state index in [1.165, 1.54) is 29.0 Å². The molecule has 30 heavy (non-hydrogen) atoms. The largest absolute Gasteiger partial charge is 0.306 e. The molecule has 5 nitrogen and oxygen atoms in total. The first kappa shape index (κ1) is 18.9. The molecule has 0 unspecified atom stereocenters. The third kappa shape index (κ3) is 3.19. The van der Waals surface area contributed by atoms with Crippen LogP contribution in [0.5, 0.6) is 0 Å². The van der Waals surface area contributed by atoms with Crippen molar-refractivity contribution in [1.82, 2.24) is 19.7 Å². The molecular formula is C23H21FN4OS. The molecule has 1 aromatic carbocycles. The van der Waals surface area contributed by atoms with E-state index in [1.807, 2.05) is 26.0 Å². The van der Waals surface area contributed by atoms with Crippen LogP contribution in [0.2, 0.25) is 0 Å². The van der Waals surface area contributed by atoms with Crippen molar-refractivity contribution in [3.63, 3.8) is 0 Å². The van der Waals surface area contributed by atoms with Crippen molar-refractivity contribution in [3.8, 4) is 5.69 Å². The maximum Gasteiger partial charge on any atom is 0.260 e. The van der Waals surface area contributed by atoms with Crippen LogP contribution >= 0.6 is 11.3 Å². The lowest BCUT2D eigenvalue weighted by Gasteiger charge is -2.09. The van der Waals surface area contributed by atoms with Crippen molar-refractivity contribution in [2.45, 2.75) is 39.5 Å². The molecule has 0 fully saturated rings. The molecule has 0 saturated carbocycles. The van der Waals surface area contributed by atoms with E-state index in [2.05, 4.69) is 10.1 Å². The Bertz CT molecular complexity index is 1340. The van der Waals surface area contributed by atoms with Gasteiger partial charge in [0.2, 0.25) is 0 Å². The molecule has 1 aliphatic carbocycles. The summed E-state index contributed by atoms with van der Waals surface area (Å²) in [5.41, 5.74) is 4.67. The Morgan fingerprint density at radius 2 is 1.90 bits per heavy atom. The van der Waals surface area contributed by atoms with Crippen LogP contribution in [0, 0.1) is 19.7 Å². The highest BCUT2D eigenvalue weighted by Crippen LogP contribution is 2.33. The van der Waals surface area contributed by atoms with E-state index in [0.29, 0.717) is 5.82 Å². The molecule has 0 atom stereocenters. The number of fused-ring (bicyclic) bond motifs is 3. The molecule has 152 valence electrons. The lowest BCUT2D eigenvalue weighted by atomic mass is 9.97. The number of aryl methyl sites for hydroxylation is 3. The van der Waals surface area contributed by atoms with Crippen molar-refractivity contribution in [2.75, 3.05) is 0 Å². The molecule has 4 aromatic rings. The normalized spacial score (nSPS) is 14.0. The van der Waals surface area contributed by atoms with E-state index >= 15 is 0 Å². The predicted molar refractivity (Wildman–Crippen MR) is 119 cm³/mol. The average molecular weight is 421 g/mol. The van der Waals surface area contributed by atoms with Crippen LogP contribution in [0.3, 0.4) is 0 Å². The lowest BCUT2D eigenvalue weighted by molar-refractivity contribution is 0.627. The van der Waals surface area contributed by atoms with Gasteiger partial charge in [-0.2, -0.15) is 5.10 Å². The number of aromatic nitrogens is 4. The van der Waals surface area contributed by atoms with Crippen molar-refractivity contribution in [2.24, 2.45) is 0 Å². The molecule has 7 heteroatoms. The molecule has 0 spiro atoms. The summed E-state index contributed by atoms with van der Waals surface area (Å²) in [6.07, 6.45) is 8.08. The molecule has 0 aliphatic heterocycles. The van der Waals surface area contributed by atoms with Gasteiger partial charge in [-0.15, -0.1) is 11.3 Å². The van der Waals surface area contributed by atoms with Crippen LogP contribution in [0.25, 0.3) is 28.1 Å². The number of halogens is 1. The number of nitrogens with one attached hydrogen (secondary N) is 1. The highest BCUT2D eigenvalue weighted by Gasteiger charge is 2.19. The summed E-state index contributed by atoms with van der Waals surface area (Å²) in [7, 11) is 0. The van der Waals surface area contributed by atoms with Crippen molar-refractivity contribution >= 4 is 33.7 Å². The Balaban J connectivity index is 1.52. The van der Waals surface area contributed by atoms with Gasteiger partial charge in [-0.25, -0.2) is 14.1 Å². The topological polar surface area (TPSA) is 63.6 Å². The Kier molecular flexibility index (Phi) is 4.62. The van der Waals surface area contributed by atoms with Crippen LogP contribution in [-0.4, -0.2) is 19.7 Å². The quantitative estimate of drug-likeness (QED) is 0.509. The summed E-state index contributed by atoms with van der Waals surface area (Å²) in [6.45, 7) is 3.90. The molecule has 0 saturated heterocycles. The molecule has 1 aliphatic rings.